The van der Waals surface area contributed by atoms with Gasteiger partial charge in [0.05, 0.1) is 11.3 Å². The standard InChI is InChI=1S/C20H23N3O2/c1-6-14-9-7-8-12(4)17(14)18-13(5)22-23-16(11(2)3)10-15(20(24)25)21-19(18)23/h7-11H,6H2,1-5H3,(H,24,25). The van der Waals surface area contributed by atoms with Crippen molar-refractivity contribution in [2.45, 2.75) is 47.0 Å². The van der Waals surface area contributed by atoms with Crippen LogP contribution in [0.15, 0.2) is 24.3 Å². The molecule has 2 aromatic heterocycles. The Kier molecular flexibility index (Phi) is 4.33. The summed E-state index contributed by atoms with van der Waals surface area (Å²) in [5.41, 5.74) is 6.79. The van der Waals surface area contributed by atoms with Crippen molar-refractivity contribution in [3.63, 3.8) is 0 Å². The molecule has 1 aromatic carbocycles. The summed E-state index contributed by atoms with van der Waals surface area (Å²) in [6.07, 6.45) is 0.892. The first kappa shape index (κ1) is 17.1. The summed E-state index contributed by atoms with van der Waals surface area (Å²) in [5.74, 6) is -0.882. The van der Waals surface area contributed by atoms with Crippen molar-refractivity contribution in [2.24, 2.45) is 0 Å². The Labute approximate surface area is 147 Å². The van der Waals surface area contributed by atoms with Crippen molar-refractivity contribution in [2.75, 3.05) is 0 Å². The highest BCUT2D eigenvalue weighted by molar-refractivity contribution is 5.89. The Morgan fingerprint density at radius 1 is 1.24 bits per heavy atom. The van der Waals surface area contributed by atoms with Gasteiger partial charge in [-0.15, -0.1) is 0 Å². The monoisotopic (exact) mass is 337 g/mol. The fraction of sp³-hybridized carbons (Fsp3) is 0.350. The number of carboxylic acid groups (broad SMARTS) is 1. The smallest absolute Gasteiger partial charge is 0.354 e. The normalized spacial score (nSPS) is 11.4. The van der Waals surface area contributed by atoms with Gasteiger partial charge < -0.3 is 5.11 Å². The molecule has 0 radical (unpaired) electrons. The van der Waals surface area contributed by atoms with Crippen LogP contribution in [-0.2, 0) is 6.42 Å². The fourth-order valence-corrected chi connectivity index (χ4v) is 3.34. The van der Waals surface area contributed by atoms with Crippen molar-refractivity contribution in [3.05, 3.63) is 52.5 Å². The third-order valence-electron chi connectivity index (χ3n) is 4.59. The minimum Gasteiger partial charge on any atom is -0.477 e. The molecular weight excluding hydrogens is 314 g/mol. The SMILES string of the molecule is CCc1cccc(C)c1-c1c(C)nn2c(C(C)C)cc(C(=O)O)nc12. The van der Waals surface area contributed by atoms with Crippen molar-refractivity contribution in [3.8, 4) is 11.1 Å². The van der Waals surface area contributed by atoms with Crippen LogP contribution >= 0.6 is 0 Å². The zero-order chi connectivity index (χ0) is 18.3. The van der Waals surface area contributed by atoms with Crippen LogP contribution in [0.4, 0.5) is 0 Å². The molecule has 0 saturated heterocycles. The molecule has 0 amide bonds. The molecule has 0 unspecified atom stereocenters. The second-order valence-electron chi connectivity index (χ2n) is 6.68. The number of nitrogens with zero attached hydrogens (tertiary/aromatic N) is 3. The lowest BCUT2D eigenvalue weighted by atomic mass is 9.93. The largest absolute Gasteiger partial charge is 0.477 e. The van der Waals surface area contributed by atoms with E-state index in [1.165, 1.54) is 5.56 Å². The first-order chi connectivity index (χ1) is 11.8. The summed E-state index contributed by atoms with van der Waals surface area (Å²) in [6.45, 7) is 10.2. The minimum absolute atomic E-state index is 0.0592. The van der Waals surface area contributed by atoms with Crippen LogP contribution in [0.1, 0.15) is 59.7 Å². The fourth-order valence-electron chi connectivity index (χ4n) is 3.34. The molecule has 0 bridgehead atoms. The number of carbonyl (C=O) groups is 1. The van der Waals surface area contributed by atoms with E-state index >= 15 is 0 Å². The van der Waals surface area contributed by atoms with Gasteiger partial charge in [0.2, 0.25) is 0 Å². The highest BCUT2D eigenvalue weighted by Gasteiger charge is 2.22. The molecule has 5 heteroatoms. The molecule has 1 N–H and O–H groups in total. The topological polar surface area (TPSA) is 67.5 Å². The number of carboxylic acids is 1. The third kappa shape index (κ3) is 2.80. The predicted molar refractivity (Wildman–Crippen MR) is 98.3 cm³/mol. The Bertz CT molecular complexity index is 971. The molecule has 0 aliphatic rings. The van der Waals surface area contributed by atoms with Crippen molar-refractivity contribution < 1.29 is 9.90 Å². The van der Waals surface area contributed by atoms with Crippen LogP contribution < -0.4 is 0 Å². The maximum absolute atomic E-state index is 11.6. The molecular formula is C20H23N3O2. The highest BCUT2D eigenvalue weighted by atomic mass is 16.4. The summed E-state index contributed by atoms with van der Waals surface area (Å²) in [7, 11) is 0. The Balaban J connectivity index is 2.45. The number of rotatable bonds is 4. The van der Waals surface area contributed by atoms with E-state index in [2.05, 4.69) is 36.1 Å². The second kappa shape index (κ2) is 6.31. The van der Waals surface area contributed by atoms with Crippen molar-refractivity contribution in [1.29, 1.82) is 0 Å². The Morgan fingerprint density at radius 3 is 2.56 bits per heavy atom. The van der Waals surface area contributed by atoms with E-state index in [1.807, 2.05) is 26.8 Å². The summed E-state index contributed by atoms with van der Waals surface area (Å²) in [4.78, 5) is 16.0. The highest BCUT2D eigenvalue weighted by Crippen LogP contribution is 2.34. The molecule has 5 nitrogen and oxygen atoms in total. The van der Waals surface area contributed by atoms with E-state index in [-0.39, 0.29) is 11.6 Å². The number of aryl methyl sites for hydroxylation is 3. The van der Waals surface area contributed by atoms with Crippen LogP contribution in [0.25, 0.3) is 16.8 Å². The van der Waals surface area contributed by atoms with E-state index in [9.17, 15) is 9.90 Å². The van der Waals surface area contributed by atoms with E-state index in [4.69, 9.17) is 0 Å². The molecule has 0 aliphatic carbocycles. The maximum Gasteiger partial charge on any atom is 0.354 e. The average Bonchev–Trinajstić information content (AvgIpc) is 2.89. The minimum atomic E-state index is -1.02. The lowest BCUT2D eigenvalue weighted by Gasteiger charge is -2.12. The van der Waals surface area contributed by atoms with E-state index in [0.717, 1.165) is 34.5 Å². The molecule has 3 aromatic rings. The summed E-state index contributed by atoms with van der Waals surface area (Å²) >= 11 is 0. The molecule has 0 atom stereocenters. The van der Waals surface area contributed by atoms with Crippen LogP contribution in [-0.4, -0.2) is 25.7 Å². The lowest BCUT2D eigenvalue weighted by molar-refractivity contribution is 0.0690. The van der Waals surface area contributed by atoms with Crippen LogP contribution in [0, 0.1) is 13.8 Å². The van der Waals surface area contributed by atoms with Crippen LogP contribution in [0.3, 0.4) is 0 Å². The predicted octanol–water partition coefficient (Wildman–Crippen LogP) is 4.40. The number of benzene rings is 1. The van der Waals surface area contributed by atoms with Crippen molar-refractivity contribution in [1.82, 2.24) is 14.6 Å². The van der Waals surface area contributed by atoms with Gasteiger partial charge in [-0.25, -0.2) is 14.3 Å². The van der Waals surface area contributed by atoms with Gasteiger partial charge >= 0.3 is 5.97 Å². The van der Waals surface area contributed by atoms with E-state index in [0.29, 0.717) is 5.65 Å². The quantitative estimate of drug-likeness (QED) is 0.766. The zero-order valence-corrected chi connectivity index (χ0v) is 15.3. The molecule has 0 saturated carbocycles. The number of fused-ring (bicyclic) bond motifs is 1. The van der Waals surface area contributed by atoms with Crippen molar-refractivity contribution >= 4 is 11.6 Å². The lowest BCUT2D eigenvalue weighted by Crippen LogP contribution is -2.09. The van der Waals surface area contributed by atoms with Gasteiger partial charge in [-0.2, -0.15) is 5.10 Å². The third-order valence-corrected chi connectivity index (χ3v) is 4.59. The van der Waals surface area contributed by atoms with Crippen LogP contribution in [0.5, 0.6) is 0 Å². The number of hydrogen-bond donors (Lipinski definition) is 1. The summed E-state index contributed by atoms with van der Waals surface area (Å²) < 4.78 is 1.80. The van der Waals surface area contributed by atoms with Gasteiger partial charge in [-0.05, 0) is 48.9 Å². The molecule has 130 valence electrons. The zero-order valence-electron chi connectivity index (χ0n) is 15.3. The molecule has 0 aliphatic heterocycles. The molecule has 2 heterocycles. The molecule has 0 spiro atoms. The summed E-state index contributed by atoms with van der Waals surface area (Å²) in [5, 5.41) is 14.2. The number of hydrogen-bond acceptors (Lipinski definition) is 3. The summed E-state index contributed by atoms with van der Waals surface area (Å²) in [6, 6.07) is 7.85. The molecule has 0 fully saturated rings. The molecule has 25 heavy (non-hydrogen) atoms. The number of aromatic carboxylic acids is 1. The molecule has 3 rings (SSSR count). The van der Waals surface area contributed by atoms with E-state index in [1.54, 1.807) is 10.6 Å². The van der Waals surface area contributed by atoms with Gasteiger partial charge in [0.25, 0.3) is 0 Å². The van der Waals surface area contributed by atoms with E-state index < -0.39 is 5.97 Å². The first-order valence-corrected chi connectivity index (χ1v) is 8.57. The average molecular weight is 337 g/mol. The first-order valence-electron chi connectivity index (χ1n) is 8.57. The van der Waals surface area contributed by atoms with Gasteiger partial charge in [0.1, 0.15) is 0 Å². The van der Waals surface area contributed by atoms with Crippen LogP contribution in [0.2, 0.25) is 0 Å². The van der Waals surface area contributed by atoms with Gasteiger partial charge in [0.15, 0.2) is 11.3 Å². The second-order valence-corrected chi connectivity index (χ2v) is 6.68. The van der Waals surface area contributed by atoms with Gasteiger partial charge in [0, 0.05) is 5.69 Å². The van der Waals surface area contributed by atoms with Gasteiger partial charge in [-0.1, -0.05) is 39.0 Å². The van der Waals surface area contributed by atoms with Gasteiger partial charge in [-0.3, -0.25) is 0 Å². The maximum atomic E-state index is 11.6. The Morgan fingerprint density at radius 2 is 1.96 bits per heavy atom. The Hall–Kier alpha value is -2.69. The number of aromatic nitrogens is 3.